The number of fused-ring (bicyclic) bond motifs is 2. The third-order valence-electron chi connectivity index (χ3n) is 19.4. The number of carbonyl (C=O) groups excluding carboxylic acids is 1. The van der Waals surface area contributed by atoms with Gasteiger partial charge in [0.15, 0.2) is 11.6 Å². The molecule has 0 N–H and O–H groups in total. The molecule has 4 aliphatic rings. The number of imidazole rings is 4. The number of pyridine rings is 4. The SMILES string of the molecule is Cc1cccc(-c2ncn(COCC[Si](C)(C)C)c2-c2ccnc(-c3nc4c(n3COCC[Si](C)(C)C)CN([N+]3(C(=O)[N+]5(N6Cc7nc(-c8cc(-c9c(-c%10cccc(C)n%10)ncn9COCC[Si](C)(C)C)ccn8)n(COCC[Si](C)(C)C)c7C6)CCCC5)CCCC3)C4)c2)n1. The summed E-state index contributed by atoms with van der Waals surface area (Å²) in [6.45, 7) is 41.8. The van der Waals surface area contributed by atoms with E-state index in [1.807, 2.05) is 87.4 Å². The van der Waals surface area contributed by atoms with Gasteiger partial charge in [-0.3, -0.25) is 19.9 Å². The monoisotopic (exact) mass is 1370 g/mol. The normalized spacial score (nSPS) is 16.7. The Morgan fingerprint density at radius 1 is 0.448 bits per heavy atom. The summed E-state index contributed by atoms with van der Waals surface area (Å²) >= 11 is 0. The van der Waals surface area contributed by atoms with E-state index in [0.29, 0.717) is 79.5 Å². The molecule has 2 amide bonds. The molecule has 0 atom stereocenters. The van der Waals surface area contributed by atoms with Crippen LogP contribution in [0.3, 0.4) is 0 Å². The Morgan fingerprint density at radius 2 is 0.812 bits per heavy atom. The van der Waals surface area contributed by atoms with E-state index in [2.05, 4.69) is 119 Å². The van der Waals surface area contributed by atoms with Gasteiger partial charge in [0, 0.05) is 119 Å². The van der Waals surface area contributed by atoms with Crippen LogP contribution in [0.2, 0.25) is 103 Å². The Labute approximate surface area is 572 Å². The fraction of sp³-hybridized carbons (Fsp3) is 0.535. The van der Waals surface area contributed by atoms with Gasteiger partial charge in [-0.25, -0.2) is 19.9 Å². The molecule has 0 unspecified atom stereocenters. The van der Waals surface area contributed by atoms with Crippen LogP contribution in [-0.2, 0) is 72.0 Å². The topological polar surface area (TPSA) is 183 Å². The maximum Gasteiger partial charge on any atom is 0.553 e. The lowest BCUT2D eigenvalue weighted by atomic mass is 10.1. The minimum absolute atomic E-state index is 0.250. The number of ether oxygens (including phenoxy) is 4. The lowest BCUT2D eigenvalue weighted by molar-refractivity contribution is -1.07. The highest BCUT2D eigenvalue weighted by Crippen LogP contribution is 2.43. The fourth-order valence-electron chi connectivity index (χ4n) is 13.8. The van der Waals surface area contributed by atoms with E-state index in [0.717, 1.165) is 179 Å². The largest absolute Gasteiger partial charge is 0.553 e. The second kappa shape index (κ2) is 28.5. The minimum atomic E-state index is -1.41. The van der Waals surface area contributed by atoms with Gasteiger partial charge in [-0.05, 0) is 86.6 Å². The van der Waals surface area contributed by atoms with Crippen molar-refractivity contribution in [2.24, 2.45) is 0 Å². The van der Waals surface area contributed by atoms with Crippen LogP contribution in [-0.4, -0.2) is 168 Å². The molecule has 0 aliphatic carbocycles. The molecular formula is C71H104N16O5Si4+2. The van der Waals surface area contributed by atoms with E-state index in [1.54, 1.807) is 0 Å². The maximum absolute atomic E-state index is 16.6. The summed E-state index contributed by atoms with van der Waals surface area (Å²) in [6, 6.07) is 25.0. The van der Waals surface area contributed by atoms with Gasteiger partial charge in [0.1, 0.15) is 75.9 Å². The molecule has 2 saturated heterocycles. The van der Waals surface area contributed by atoms with E-state index in [1.165, 1.54) is 0 Å². The Bertz CT molecular complexity index is 3790. The van der Waals surface area contributed by atoms with Gasteiger partial charge >= 0.3 is 6.03 Å². The molecule has 12 rings (SSSR count). The van der Waals surface area contributed by atoms with E-state index < -0.39 is 32.3 Å². The van der Waals surface area contributed by atoms with Gasteiger partial charge in [-0.1, -0.05) is 90.7 Å². The summed E-state index contributed by atoms with van der Waals surface area (Å²) in [7, 11) is -5.44. The van der Waals surface area contributed by atoms with Crippen LogP contribution in [0.1, 0.15) is 59.8 Å². The van der Waals surface area contributed by atoms with Crippen molar-refractivity contribution in [3.05, 3.63) is 120 Å². The predicted molar refractivity (Wildman–Crippen MR) is 388 cm³/mol. The molecule has 0 aromatic carbocycles. The van der Waals surface area contributed by atoms with Crippen LogP contribution >= 0.6 is 0 Å². The third-order valence-corrected chi connectivity index (χ3v) is 26.2. The van der Waals surface area contributed by atoms with Crippen molar-refractivity contribution in [2.45, 2.75) is 195 Å². The van der Waals surface area contributed by atoms with Crippen molar-refractivity contribution in [2.75, 3.05) is 52.6 Å². The van der Waals surface area contributed by atoms with Crippen molar-refractivity contribution in [1.29, 1.82) is 0 Å². The van der Waals surface area contributed by atoms with Gasteiger partial charge in [0.2, 0.25) is 0 Å². The molecule has 8 aromatic rings. The predicted octanol–water partition coefficient (Wildman–Crippen LogP) is 14.4. The molecule has 8 aromatic heterocycles. The minimum Gasteiger partial charge on any atom is -0.361 e. The summed E-state index contributed by atoms with van der Waals surface area (Å²) < 4.78 is 35.4. The number of nitrogens with zero attached hydrogens (tertiary/aromatic N) is 16. The lowest BCUT2D eigenvalue weighted by Crippen LogP contribution is -2.73. The van der Waals surface area contributed by atoms with Gasteiger partial charge < -0.3 is 37.2 Å². The number of aryl methyl sites for hydroxylation is 2. The lowest BCUT2D eigenvalue weighted by Gasteiger charge is -2.44. The molecule has 512 valence electrons. The van der Waals surface area contributed by atoms with Crippen LogP contribution in [0.25, 0.3) is 68.3 Å². The molecule has 96 heavy (non-hydrogen) atoms. The Balaban J connectivity index is 0.850. The first-order valence-electron chi connectivity index (χ1n) is 34.9. The van der Waals surface area contributed by atoms with Gasteiger partial charge in [-0.2, -0.15) is 4.79 Å². The van der Waals surface area contributed by atoms with Crippen molar-refractivity contribution in [3.8, 4) is 68.3 Å². The number of hydrogen-bond donors (Lipinski definition) is 0. The first-order valence-corrected chi connectivity index (χ1v) is 49.8. The quantitative estimate of drug-likeness (QED) is 0.0256. The fourth-order valence-corrected chi connectivity index (χ4v) is 16.8. The summed E-state index contributed by atoms with van der Waals surface area (Å²) in [6.07, 6.45) is 11.4. The molecule has 25 heteroatoms. The molecule has 0 radical (unpaired) electrons. The van der Waals surface area contributed by atoms with Gasteiger partial charge in [0.05, 0.1) is 84.4 Å². The molecule has 0 bridgehead atoms. The van der Waals surface area contributed by atoms with Crippen LogP contribution in [0.15, 0.2) is 85.7 Å². The number of urea groups is 1. The highest BCUT2D eigenvalue weighted by Gasteiger charge is 2.63. The standard InChI is InChI=1S/C71H104N16O5Si4/c1-53-21-19-23-57(76-53)65-67(80(47-74-65)49-89-33-37-93(3,4)5)55-25-27-72-59(41-55)69-78-61-43-82(45-63(61)84(69)51-91-35-39-95(9,10)11)86(29-15-16-30-86)71(88)87(31-17-18-32-87)83-44-62-64(46-83)85(52-92-36-40-96(12,13)14)70(79-62)60-42-56(26-28-73-60)68-66(58-24-20-22-54(2)77-58)75-48-81(68)50-90-34-38-94(6,7)8/h19-28,41-42,47-48H,15-18,29-40,43-46,49-52H2,1-14H3/q+2. The second-order valence-corrected chi connectivity index (χ2v) is 54.5. The zero-order valence-corrected chi connectivity index (χ0v) is 63.8. The molecular weight excluding hydrogens is 1270 g/mol. The first-order chi connectivity index (χ1) is 45.7. The van der Waals surface area contributed by atoms with Gasteiger partial charge in [-0.15, -0.1) is 19.2 Å². The van der Waals surface area contributed by atoms with Crippen molar-refractivity contribution in [1.82, 2.24) is 68.2 Å². The molecule has 0 saturated carbocycles. The number of amides is 2. The van der Waals surface area contributed by atoms with Crippen molar-refractivity contribution in [3.63, 3.8) is 0 Å². The number of aromatic nitrogens is 12. The molecule has 12 heterocycles. The number of quaternary nitrogens is 2. The smallest absolute Gasteiger partial charge is 0.361 e. The molecule has 21 nitrogen and oxygen atoms in total. The third kappa shape index (κ3) is 15.6. The Morgan fingerprint density at radius 3 is 1.17 bits per heavy atom. The summed E-state index contributed by atoms with van der Waals surface area (Å²) in [5.41, 5.74) is 14.3. The second-order valence-electron chi connectivity index (χ2n) is 32.0. The zero-order valence-electron chi connectivity index (χ0n) is 59.8. The first kappa shape index (κ1) is 69.6. The average Bonchev–Trinajstić information content (AvgIpc) is 1.56. The number of hydrogen-bond acceptors (Lipinski definition) is 15. The van der Waals surface area contributed by atoms with Crippen LogP contribution < -0.4 is 0 Å². The number of carbonyl (C=O) groups is 1. The summed E-state index contributed by atoms with van der Waals surface area (Å²) in [4.78, 5) is 57.7. The van der Waals surface area contributed by atoms with Crippen molar-refractivity contribution < 1.29 is 32.9 Å². The molecule has 4 aliphatic heterocycles. The van der Waals surface area contributed by atoms with Crippen LogP contribution in [0.4, 0.5) is 4.79 Å². The van der Waals surface area contributed by atoms with E-state index in [-0.39, 0.29) is 15.2 Å². The highest BCUT2D eigenvalue weighted by molar-refractivity contribution is 6.77. The van der Waals surface area contributed by atoms with E-state index >= 15 is 4.79 Å². The molecule has 0 spiro atoms. The maximum atomic E-state index is 16.6. The number of likely N-dealkylation sites (tertiary alicyclic amines) is 2. The van der Waals surface area contributed by atoms with Crippen molar-refractivity contribution >= 4 is 38.3 Å². The highest BCUT2D eigenvalue weighted by atomic mass is 28.3. The Kier molecular flexibility index (Phi) is 20.6. The summed E-state index contributed by atoms with van der Waals surface area (Å²) in [5.74, 6) is 1.51. The van der Waals surface area contributed by atoms with Crippen LogP contribution in [0.5, 0.6) is 0 Å². The van der Waals surface area contributed by atoms with Gasteiger partial charge in [0.25, 0.3) is 0 Å². The molecule has 2 fully saturated rings. The van der Waals surface area contributed by atoms with Crippen LogP contribution in [0, 0.1) is 13.8 Å². The number of rotatable bonds is 28. The summed E-state index contributed by atoms with van der Waals surface area (Å²) in [5, 5.41) is 4.88. The average molecular weight is 1370 g/mol. The Hall–Kier alpha value is -6.34. The van der Waals surface area contributed by atoms with E-state index in [9.17, 15) is 0 Å². The van der Waals surface area contributed by atoms with E-state index in [4.69, 9.17) is 58.8 Å². The zero-order chi connectivity index (χ0) is 67.8.